The molecule has 26 heavy (non-hydrogen) atoms. The van der Waals surface area contributed by atoms with Gasteiger partial charge in [-0.1, -0.05) is 17.7 Å². The van der Waals surface area contributed by atoms with E-state index in [2.05, 4.69) is 20.4 Å². The molecule has 0 spiro atoms. The van der Waals surface area contributed by atoms with Crippen molar-refractivity contribution in [2.45, 2.75) is 13.8 Å². The van der Waals surface area contributed by atoms with Crippen LogP contribution in [0.2, 0.25) is 5.02 Å². The Balaban J connectivity index is 1.67. The van der Waals surface area contributed by atoms with E-state index in [1.165, 1.54) is 0 Å². The van der Waals surface area contributed by atoms with Crippen molar-refractivity contribution in [3.8, 4) is 0 Å². The number of H-pyrrole nitrogens is 1. The zero-order valence-corrected chi connectivity index (χ0v) is 15.0. The molecule has 0 radical (unpaired) electrons. The highest BCUT2D eigenvalue weighted by molar-refractivity contribution is 6.31. The van der Waals surface area contributed by atoms with Crippen molar-refractivity contribution >= 4 is 46.0 Å². The molecule has 0 aliphatic heterocycles. The number of ether oxygens (including phenoxy) is 1. The van der Waals surface area contributed by atoms with Gasteiger partial charge in [0, 0.05) is 10.7 Å². The molecule has 0 aliphatic carbocycles. The first-order valence-corrected chi connectivity index (χ1v) is 8.51. The summed E-state index contributed by atoms with van der Waals surface area (Å²) in [7, 11) is 0. The SMILES string of the molecule is CCOC(=O)c1ccc2c(c1)nc1nc(Nc3ccc(C)c(Cl)c3)[nH]n12. The Labute approximate surface area is 153 Å². The molecule has 2 aromatic heterocycles. The Morgan fingerprint density at radius 1 is 1.27 bits per heavy atom. The van der Waals surface area contributed by atoms with Crippen LogP contribution in [0.4, 0.5) is 11.6 Å². The minimum Gasteiger partial charge on any atom is -0.462 e. The van der Waals surface area contributed by atoms with Gasteiger partial charge in [0.1, 0.15) is 0 Å². The summed E-state index contributed by atoms with van der Waals surface area (Å²) < 4.78 is 6.77. The van der Waals surface area contributed by atoms with E-state index in [-0.39, 0.29) is 5.97 Å². The first kappa shape index (κ1) is 16.4. The average Bonchev–Trinajstić information content (AvgIpc) is 3.14. The first-order valence-electron chi connectivity index (χ1n) is 8.13. The lowest BCUT2D eigenvalue weighted by atomic mass is 10.2. The van der Waals surface area contributed by atoms with Gasteiger partial charge in [-0.05, 0) is 49.7 Å². The number of imidazole rings is 1. The molecule has 8 heteroatoms. The molecule has 0 atom stereocenters. The number of esters is 1. The Morgan fingerprint density at radius 2 is 2.12 bits per heavy atom. The van der Waals surface area contributed by atoms with Crippen LogP contribution in [0.5, 0.6) is 0 Å². The van der Waals surface area contributed by atoms with E-state index in [1.54, 1.807) is 23.6 Å². The molecule has 4 aromatic rings. The van der Waals surface area contributed by atoms with E-state index in [1.807, 2.05) is 31.2 Å². The summed E-state index contributed by atoms with van der Waals surface area (Å²) in [6.07, 6.45) is 0. The quantitative estimate of drug-likeness (QED) is 0.529. The zero-order chi connectivity index (χ0) is 18.3. The largest absolute Gasteiger partial charge is 0.462 e. The van der Waals surface area contributed by atoms with Gasteiger partial charge in [-0.2, -0.15) is 4.98 Å². The molecule has 0 aliphatic rings. The number of hydrogen-bond acceptors (Lipinski definition) is 5. The predicted molar refractivity (Wildman–Crippen MR) is 100 cm³/mol. The van der Waals surface area contributed by atoms with Gasteiger partial charge in [0.2, 0.25) is 5.95 Å². The summed E-state index contributed by atoms with van der Waals surface area (Å²) in [6.45, 7) is 4.06. The van der Waals surface area contributed by atoms with Crippen LogP contribution in [-0.2, 0) is 4.74 Å². The molecule has 2 aromatic carbocycles. The molecule has 7 nitrogen and oxygen atoms in total. The average molecular weight is 370 g/mol. The monoisotopic (exact) mass is 369 g/mol. The van der Waals surface area contributed by atoms with Gasteiger partial charge in [-0.15, -0.1) is 0 Å². The van der Waals surface area contributed by atoms with E-state index < -0.39 is 0 Å². The van der Waals surface area contributed by atoms with Gasteiger partial charge >= 0.3 is 5.97 Å². The number of carbonyl (C=O) groups is 1. The number of anilines is 2. The van der Waals surface area contributed by atoms with Crippen LogP contribution in [0, 0.1) is 6.92 Å². The van der Waals surface area contributed by atoms with Gasteiger partial charge in [0.05, 0.1) is 23.2 Å². The second kappa shape index (κ2) is 6.34. The normalized spacial score (nSPS) is 11.2. The van der Waals surface area contributed by atoms with Crippen LogP contribution < -0.4 is 5.32 Å². The maximum Gasteiger partial charge on any atom is 0.338 e. The van der Waals surface area contributed by atoms with Crippen LogP contribution in [0.25, 0.3) is 16.8 Å². The Hall–Kier alpha value is -3.06. The zero-order valence-electron chi connectivity index (χ0n) is 14.2. The molecule has 2 N–H and O–H groups in total. The van der Waals surface area contributed by atoms with E-state index in [0.717, 1.165) is 16.8 Å². The molecular weight excluding hydrogens is 354 g/mol. The summed E-state index contributed by atoms with van der Waals surface area (Å²) in [4.78, 5) is 20.7. The number of aryl methyl sites for hydroxylation is 1. The predicted octanol–water partition coefficient (Wildman–Crippen LogP) is 4.09. The summed E-state index contributed by atoms with van der Waals surface area (Å²) in [6, 6.07) is 10.9. The standard InChI is InChI=1S/C18H16ClN5O2/c1-3-26-16(25)11-5-7-15-14(8-11)21-18-22-17(23-24(15)18)20-12-6-4-10(2)13(19)9-12/h4-9H,3H2,1-2H3,(H2,20,21,22,23). The molecule has 132 valence electrons. The van der Waals surface area contributed by atoms with Crippen molar-refractivity contribution in [1.82, 2.24) is 19.6 Å². The molecule has 2 heterocycles. The number of fused-ring (bicyclic) bond motifs is 3. The number of nitrogens with one attached hydrogen (secondary N) is 2. The maximum atomic E-state index is 11.8. The molecule has 0 fully saturated rings. The van der Waals surface area contributed by atoms with Crippen LogP contribution in [-0.4, -0.2) is 32.2 Å². The lowest BCUT2D eigenvalue weighted by Crippen LogP contribution is -2.04. The summed E-state index contributed by atoms with van der Waals surface area (Å²) >= 11 is 6.15. The fourth-order valence-electron chi connectivity index (χ4n) is 2.69. The van der Waals surface area contributed by atoms with Crippen LogP contribution in [0.1, 0.15) is 22.8 Å². The highest BCUT2D eigenvalue weighted by atomic mass is 35.5. The molecule has 0 amide bonds. The van der Waals surface area contributed by atoms with Crippen LogP contribution >= 0.6 is 11.6 Å². The first-order chi connectivity index (χ1) is 12.5. The van der Waals surface area contributed by atoms with Crippen LogP contribution in [0.3, 0.4) is 0 Å². The number of nitrogens with zero attached hydrogens (tertiary/aromatic N) is 3. The van der Waals surface area contributed by atoms with E-state index in [0.29, 0.717) is 34.4 Å². The van der Waals surface area contributed by atoms with Gasteiger partial charge < -0.3 is 10.1 Å². The van der Waals surface area contributed by atoms with E-state index in [4.69, 9.17) is 16.3 Å². The highest BCUT2D eigenvalue weighted by Crippen LogP contribution is 2.23. The van der Waals surface area contributed by atoms with Crippen molar-refractivity contribution in [2.24, 2.45) is 0 Å². The van der Waals surface area contributed by atoms with Crippen molar-refractivity contribution in [1.29, 1.82) is 0 Å². The Bertz CT molecular complexity index is 1130. The number of rotatable bonds is 4. The topological polar surface area (TPSA) is 84.3 Å². The Kier molecular flexibility index (Phi) is 4.00. The summed E-state index contributed by atoms with van der Waals surface area (Å²) in [5.41, 5.74) is 3.78. The van der Waals surface area contributed by atoms with Crippen molar-refractivity contribution in [2.75, 3.05) is 11.9 Å². The summed E-state index contributed by atoms with van der Waals surface area (Å²) in [5, 5.41) is 7.00. The van der Waals surface area contributed by atoms with Gasteiger partial charge in [0.15, 0.2) is 0 Å². The van der Waals surface area contributed by atoms with Crippen molar-refractivity contribution in [3.05, 3.63) is 52.5 Å². The molecule has 4 rings (SSSR count). The third kappa shape index (κ3) is 2.86. The lowest BCUT2D eigenvalue weighted by molar-refractivity contribution is 0.0526. The number of halogens is 1. The van der Waals surface area contributed by atoms with Gasteiger partial charge in [0.25, 0.3) is 5.78 Å². The minimum absolute atomic E-state index is 0.334. The minimum atomic E-state index is -0.363. The van der Waals surface area contributed by atoms with Crippen molar-refractivity contribution < 1.29 is 9.53 Å². The van der Waals surface area contributed by atoms with Crippen molar-refractivity contribution in [3.63, 3.8) is 0 Å². The third-order valence-electron chi connectivity index (χ3n) is 4.01. The molecule has 0 saturated carbocycles. The number of carbonyl (C=O) groups excluding carboxylic acids is 1. The molecule has 0 saturated heterocycles. The van der Waals surface area contributed by atoms with E-state index in [9.17, 15) is 4.79 Å². The second-order valence-corrected chi connectivity index (χ2v) is 6.24. The lowest BCUT2D eigenvalue weighted by Gasteiger charge is -2.04. The smallest absolute Gasteiger partial charge is 0.338 e. The molecule has 0 bridgehead atoms. The maximum absolute atomic E-state index is 11.8. The number of hydrogen-bond donors (Lipinski definition) is 2. The van der Waals surface area contributed by atoms with Crippen LogP contribution in [0.15, 0.2) is 36.4 Å². The number of aromatic amines is 1. The highest BCUT2D eigenvalue weighted by Gasteiger charge is 2.13. The fraction of sp³-hybridized carbons (Fsp3) is 0.167. The second-order valence-electron chi connectivity index (χ2n) is 5.83. The number of benzene rings is 2. The third-order valence-corrected chi connectivity index (χ3v) is 4.42. The molecular formula is C18H16ClN5O2. The Morgan fingerprint density at radius 3 is 2.88 bits per heavy atom. The summed E-state index contributed by atoms with van der Waals surface area (Å²) in [5.74, 6) is 0.683. The van der Waals surface area contributed by atoms with Gasteiger partial charge in [-0.25, -0.2) is 14.3 Å². The number of aromatic nitrogens is 4. The van der Waals surface area contributed by atoms with Gasteiger partial charge in [-0.3, -0.25) is 5.10 Å². The fourth-order valence-corrected chi connectivity index (χ4v) is 2.87. The molecule has 0 unspecified atom stereocenters. The van der Waals surface area contributed by atoms with E-state index >= 15 is 0 Å².